The molecule has 5 heteroatoms. The predicted molar refractivity (Wildman–Crippen MR) is 75.7 cm³/mol. The lowest BCUT2D eigenvalue weighted by Gasteiger charge is -2.13. The van der Waals surface area contributed by atoms with Crippen LogP contribution in [0.1, 0.15) is 25.2 Å². The molecule has 3 nitrogen and oxygen atoms in total. The van der Waals surface area contributed by atoms with E-state index in [0.717, 1.165) is 11.6 Å². The van der Waals surface area contributed by atoms with Crippen molar-refractivity contribution in [1.29, 1.82) is 0 Å². The van der Waals surface area contributed by atoms with Crippen LogP contribution in [-0.2, 0) is 6.42 Å². The number of benzene rings is 1. The molecule has 0 bridgehead atoms. The molecule has 0 aliphatic carbocycles. The molecule has 0 radical (unpaired) electrons. The van der Waals surface area contributed by atoms with Gasteiger partial charge < -0.3 is 5.32 Å². The standard InChI is InChI=1S/C15H17F2N3/c1-4-13-19-14(9(3)15(20-13)18-5-2)11-7-6-10(16)8-12(11)17/h6-8H,4-5H2,1-3H3,(H,18,19,20). The molecule has 1 N–H and O–H groups in total. The van der Waals surface area contributed by atoms with Gasteiger partial charge in [-0.05, 0) is 26.0 Å². The first-order valence-electron chi connectivity index (χ1n) is 6.63. The maximum absolute atomic E-state index is 13.9. The van der Waals surface area contributed by atoms with Crippen molar-refractivity contribution in [2.24, 2.45) is 0 Å². The number of rotatable bonds is 4. The molecule has 0 aliphatic heterocycles. The number of hydrogen-bond acceptors (Lipinski definition) is 3. The third-order valence-corrected chi connectivity index (χ3v) is 3.04. The van der Waals surface area contributed by atoms with E-state index in [9.17, 15) is 8.78 Å². The Hall–Kier alpha value is -2.04. The van der Waals surface area contributed by atoms with E-state index in [1.807, 2.05) is 20.8 Å². The topological polar surface area (TPSA) is 37.8 Å². The molecule has 0 spiro atoms. The molecule has 0 saturated heterocycles. The van der Waals surface area contributed by atoms with E-state index in [1.165, 1.54) is 12.1 Å². The van der Waals surface area contributed by atoms with Crippen molar-refractivity contribution < 1.29 is 8.78 Å². The van der Waals surface area contributed by atoms with Gasteiger partial charge in [0, 0.05) is 30.2 Å². The highest BCUT2D eigenvalue weighted by Crippen LogP contribution is 2.28. The van der Waals surface area contributed by atoms with E-state index < -0.39 is 11.6 Å². The number of nitrogens with one attached hydrogen (secondary N) is 1. The number of aryl methyl sites for hydroxylation is 1. The SMILES string of the molecule is CCNc1nc(CC)nc(-c2ccc(F)cc2F)c1C. The van der Waals surface area contributed by atoms with Crippen LogP contribution in [0.2, 0.25) is 0 Å². The zero-order chi connectivity index (χ0) is 14.7. The van der Waals surface area contributed by atoms with Crippen LogP contribution in [0.25, 0.3) is 11.3 Å². The van der Waals surface area contributed by atoms with Gasteiger partial charge in [-0.3, -0.25) is 0 Å². The van der Waals surface area contributed by atoms with E-state index in [-0.39, 0.29) is 0 Å². The van der Waals surface area contributed by atoms with Crippen LogP contribution in [0.5, 0.6) is 0 Å². The maximum atomic E-state index is 13.9. The third kappa shape index (κ3) is 2.76. The molecule has 0 unspecified atom stereocenters. The molecular weight excluding hydrogens is 260 g/mol. The smallest absolute Gasteiger partial charge is 0.135 e. The molecular formula is C15H17F2N3. The van der Waals surface area contributed by atoms with Crippen LogP contribution in [0.4, 0.5) is 14.6 Å². The number of anilines is 1. The molecule has 1 aromatic heterocycles. The minimum absolute atomic E-state index is 0.292. The Morgan fingerprint density at radius 3 is 2.50 bits per heavy atom. The summed E-state index contributed by atoms with van der Waals surface area (Å²) in [6, 6.07) is 3.52. The van der Waals surface area contributed by atoms with Gasteiger partial charge in [-0.15, -0.1) is 0 Å². The molecule has 0 atom stereocenters. The summed E-state index contributed by atoms with van der Waals surface area (Å²) in [7, 11) is 0. The number of halogens is 2. The fourth-order valence-corrected chi connectivity index (χ4v) is 2.00. The Kier molecular flexibility index (Phi) is 4.27. The summed E-state index contributed by atoms with van der Waals surface area (Å²) in [5.41, 5.74) is 1.56. The first-order valence-corrected chi connectivity index (χ1v) is 6.63. The van der Waals surface area contributed by atoms with Crippen LogP contribution in [-0.4, -0.2) is 16.5 Å². The second-order valence-electron chi connectivity index (χ2n) is 4.47. The summed E-state index contributed by atoms with van der Waals surface area (Å²) in [6.45, 7) is 6.44. The lowest BCUT2D eigenvalue weighted by atomic mass is 10.1. The monoisotopic (exact) mass is 277 g/mol. The summed E-state index contributed by atoms with van der Waals surface area (Å²) in [6.07, 6.45) is 0.647. The fourth-order valence-electron chi connectivity index (χ4n) is 2.00. The Labute approximate surface area is 117 Å². The summed E-state index contributed by atoms with van der Waals surface area (Å²) in [4.78, 5) is 8.78. The van der Waals surface area contributed by atoms with Crippen LogP contribution in [0.15, 0.2) is 18.2 Å². The summed E-state index contributed by atoms with van der Waals surface area (Å²) in [5, 5.41) is 3.14. The number of hydrogen-bond donors (Lipinski definition) is 1. The van der Waals surface area contributed by atoms with Crippen molar-refractivity contribution in [2.45, 2.75) is 27.2 Å². The molecule has 0 fully saturated rings. The van der Waals surface area contributed by atoms with Gasteiger partial charge in [0.1, 0.15) is 23.3 Å². The molecule has 1 aromatic carbocycles. The van der Waals surface area contributed by atoms with Gasteiger partial charge in [0.2, 0.25) is 0 Å². The van der Waals surface area contributed by atoms with Crippen LogP contribution >= 0.6 is 0 Å². The lowest BCUT2D eigenvalue weighted by Crippen LogP contribution is -2.08. The Bertz CT molecular complexity index is 627. The zero-order valence-electron chi connectivity index (χ0n) is 11.8. The van der Waals surface area contributed by atoms with E-state index in [4.69, 9.17) is 0 Å². The average Bonchev–Trinajstić information content (AvgIpc) is 2.42. The van der Waals surface area contributed by atoms with Crippen LogP contribution < -0.4 is 5.32 Å². The average molecular weight is 277 g/mol. The molecule has 2 aromatic rings. The molecule has 2 rings (SSSR count). The van der Waals surface area contributed by atoms with Crippen LogP contribution in [0.3, 0.4) is 0 Å². The quantitative estimate of drug-likeness (QED) is 0.925. The molecule has 106 valence electrons. The Morgan fingerprint density at radius 2 is 1.90 bits per heavy atom. The van der Waals surface area contributed by atoms with Crippen molar-refractivity contribution in [3.8, 4) is 11.3 Å². The molecule has 1 heterocycles. The Balaban J connectivity index is 2.62. The molecule has 0 saturated carbocycles. The molecule has 0 amide bonds. The van der Waals surface area contributed by atoms with Crippen molar-refractivity contribution in [3.63, 3.8) is 0 Å². The second kappa shape index (κ2) is 5.94. The van der Waals surface area contributed by atoms with Gasteiger partial charge in [-0.25, -0.2) is 18.7 Å². The molecule has 20 heavy (non-hydrogen) atoms. The van der Waals surface area contributed by atoms with E-state index in [0.29, 0.717) is 35.9 Å². The minimum atomic E-state index is -0.615. The molecule has 0 aliphatic rings. The summed E-state index contributed by atoms with van der Waals surface area (Å²) < 4.78 is 27.0. The highest BCUT2D eigenvalue weighted by Gasteiger charge is 2.15. The highest BCUT2D eigenvalue weighted by molar-refractivity contribution is 5.68. The minimum Gasteiger partial charge on any atom is -0.370 e. The van der Waals surface area contributed by atoms with E-state index in [1.54, 1.807) is 0 Å². The highest BCUT2D eigenvalue weighted by atomic mass is 19.1. The van der Waals surface area contributed by atoms with Crippen molar-refractivity contribution in [3.05, 3.63) is 41.2 Å². The van der Waals surface area contributed by atoms with Gasteiger partial charge in [-0.2, -0.15) is 0 Å². The third-order valence-electron chi connectivity index (χ3n) is 3.04. The first kappa shape index (κ1) is 14.4. The fraction of sp³-hybridized carbons (Fsp3) is 0.333. The van der Waals surface area contributed by atoms with Gasteiger partial charge in [-0.1, -0.05) is 6.92 Å². The first-order chi connectivity index (χ1) is 9.56. The second-order valence-corrected chi connectivity index (χ2v) is 4.47. The Morgan fingerprint density at radius 1 is 1.15 bits per heavy atom. The van der Waals surface area contributed by atoms with Gasteiger partial charge in [0.05, 0.1) is 5.69 Å². The normalized spacial score (nSPS) is 10.7. The van der Waals surface area contributed by atoms with Crippen molar-refractivity contribution in [2.75, 3.05) is 11.9 Å². The zero-order valence-corrected chi connectivity index (χ0v) is 11.8. The van der Waals surface area contributed by atoms with E-state index >= 15 is 0 Å². The van der Waals surface area contributed by atoms with Gasteiger partial charge in [0.15, 0.2) is 0 Å². The van der Waals surface area contributed by atoms with Crippen molar-refractivity contribution in [1.82, 2.24) is 9.97 Å². The predicted octanol–water partition coefficient (Wildman–Crippen LogP) is 3.72. The van der Waals surface area contributed by atoms with Crippen molar-refractivity contribution >= 4 is 5.82 Å². The maximum Gasteiger partial charge on any atom is 0.135 e. The number of aromatic nitrogens is 2. The lowest BCUT2D eigenvalue weighted by molar-refractivity contribution is 0.585. The number of nitrogens with zero attached hydrogens (tertiary/aromatic N) is 2. The largest absolute Gasteiger partial charge is 0.370 e. The van der Waals surface area contributed by atoms with E-state index in [2.05, 4.69) is 15.3 Å². The van der Waals surface area contributed by atoms with Crippen LogP contribution in [0, 0.1) is 18.6 Å². The summed E-state index contributed by atoms with van der Waals surface area (Å²) in [5.74, 6) is 0.111. The van der Waals surface area contributed by atoms with Gasteiger partial charge >= 0.3 is 0 Å². The summed E-state index contributed by atoms with van der Waals surface area (Å²) >= 11 is 0. The van der Waals surface area contributed by atoms with Gasteiger partial charge in [0.25, 0.3) is 0 Å².